The zero-order chi connectivity index (χ0) is 17.6. The lowest BCUT2D eigenvalue weighted by atomic mass is 10.0. The monoisotopic (exact) mass is 415 g/mol. The summed E-state index contributed by atoms with van der Waals surface area (Å²) in [7, 11) is 0. The maximum Gasteiger partial charge on any atom is 0.287 e. The Morgan fingerprint density at radius 3 is 2.58 bits per heavy atom. The highest BCUT2D eigenvalue weighted by atomic mass is 79.9. The zero-order valence-electron chi connectivity index (χ0n) is 12.8. The molecule has 0 saturated heterocycles. The van der Waals surface area contributed by atoms with Crippen molar-refractivity contribution in [2.24, 2.45) is 0 Å². The maximum absolute atomic E-state index is 14.4. The maximum atomic E-state index is 14.4. The zero-order valence-corrected chi connectivity index (χ0v) is 15.2. The summed E-state index contributed by atoms with van der Waals surface area (Å²) in [5, 5.41) is 0.0313. The number of halogens is 4. The van der Waals surface area contributed by atoms with Gasteiger partial charge in [0.2, 0.25) is 0 Å². The molecule has 0 saturated carbocycles. The molecule has 1 aliphatic rings. The van der Waals surface area contributed by atoms with Crippen LogP contribution in [0.25, 0.3) is 0 Å². The van der Waals surface area contributed by atoms with Crippen molar-refractivity contribution in [3.8, 4) is 5.75 Å². The van der Waals surface area contributed by atoms with Crippen LogP contribution >= 0.6 is 27.5 Å². The summed E-state index contributed by atoms with van der Waals surface area (Å²) in [5.74, 6) is -1.64. The van der Waals surface area contributed by atoms with E-state index in [2.05, 4.69) is 15.9 Å². The summed E-state index contributed by atoms with van der Waals surface area (Å²) in [6.07, 6.45) is 0. The van der Waals surface area contributed by atoms with Gasteiger partial charge < -0.3 is 9.64 Å². The summed E-state index contributed by atoms with van der Waals surface area (Å²) in [6, 6.07) is 7.66. The average Bonchev–Trinajstić information content (AvgIpc) is 2.48. The molecule has 0 fully saturated rings. The third kappa shape index (κ3) is 2.58. The van der Waals surface area contributed by atoms with Gasteiger partial charge in [-0.1, -0.05) is 17.7 Å². The Bertz CT molecular complexity index is 810. The molecule has 0 bridgehead atoms. The summed E-state index contributed by atoms with van der Waals surface area (Å²) in [4.78, 5) is 14.5. The molecular weight excluding hydrogens is 404 g/mol. The van der Waals surface area contributed by atoms with E-state index >= 15 is 0 Å². The van der Waals surface area contributed by atoms with Gasteiger partial charge in [0, 0.05) is 12.1 Å². The van der Waals surface area contributed by atoms with Gasteiger partial charge in [0.15, 0.2) is 0 Å². The molecule has 0 aromatic heterocycles. The molecule has 1 unspecified atom stereocenters. The normalized spacial score (nSPS) is 20.1. The molecule has 2 aromatic rings. The topological polar surface area (TPSA) is 29.5 Å². The highest BCUT2D eigenvalue weighted by Gasteiger charge is 2.51. The lowest BCUT2D eigenvalue weighted by Gasteiger charge is -2.41. The Hall–Kier alpha value is -1.66. The molecule has 3 nitrogen and oxygen atoms in total. The molecule has 2 aromatic carbocycles. The predicted molar refractivity (Wildman–Crippen MR) is 91.7 cm³/mol. The number of carbonyl (C=O) groups excluding carboxylic acids is 1. The van der Waals surface area contributed by atoms with Crippen molar-refractivity contribution < 1.29 is 18.3 Å². The molecule has 0 aliphatic carbocycles. The molecule has 1 atom stereocenters. The lowest BCUT2D eigenvalue weighted by Crippen LogP contribution is -2.53. The van der Waals surface area contributed by atoms with E-state index in [1.165, 1.54) is 35.2 Å². The Morgan fingerprint density at radius 2 is 1.96 bits per heavy atom. The first-order valence-electron chi connectivity index (χ1n) is 7.21. The molecule has 24 heavy (non-hydrogen) atoms. The van der Waals surface area contributed by atoms with Gasteiger partial charge in [-0.2, -0.15) is 0 Å². The second-order valence-corrected chi connectivity index (χ2v) is 7.20. The van der Waals surface area contributed by atoms with Crippen molar-refractivity contribution in [1.82, 2.24) is 0 Å². The Labute approximate surface area is 151 Å². The van der Waals surface area contributed by atoms with Crippen molar-refractivity contribution in [1.29, 1.82) is 0 Å². The SMILES string of the molecule is CC(C)N1C(=O)C(Br)(c2c(F)cccc2Cl)Oc2cc(F)ccc21. The molecule has 1 aliphatic heterocycles. The summed E-state index contributed by atoms with van der Waals surface area (Å²) in [5.41, 5.74) is 0.274. The van der Waals surface area contributed by atoms with Crippen LogP contribution < -0.4 is 9.64 Å². The smallest absolute Gasteiger partial charge is 0.287 e. The van der Waals surface area contributed by atoms with E-state index in [1.807, 2.05) is 0 Å². The van der Waals surface area contributed by atoms with Crippen molar-refractivity contribution in [2.45, 2.75) is 24.4 Å². The number of nitrogens with zero attached hydrogens (tertiary/aromatic N) is 1. The number of hydrogen-bond acceptors (Lipinski definition) is 2. The molecular formula is C17H13BrClF2NO2. The van der Waals surface area contributed by atoms with E-state index in [9.17, 15) is 13.6 Å². The van der Waals surface area contributed by atoms with E-state index in [4.69, 9.17) is 16.3 Å². The summed E-state index contributed by atoms with van der Waals surface area (Å²) >= 11 is 9.32. The van der Waals surface area contributed by atoms with Crippen LogP contribution in [0.5, 0.6) is 5.75 Å². The van der Waals surface area contributed by atoms with Gasteiger partial charge in [-0.25, -0.2) is 8.78 Å². The van der Waals surface area contributed by atoms with Gasteiger partial charge in [0.1, 0.15) is 17.4 Å². The quantitative estimate of drug-likeness (QED) is 0.645. The Balaban J connectivity index is 2.25. The third-order valence-corrected chi connectivity index (χ3v) is 4.94. The number of amides is 1. The van der Waals surface area contributed by atoms with E-state index in [-0.39, 0.29) is 22.4 Å². The molecule has 0 N–H and O–H groups in total. The van der Waals surface area contributed by atoms with Crippen LogP contribution in [0, 0.1) is 11.6 Å². The van der Waals surface area contributed by atoms with Gasteiger partial charge in [-0.05, 0) is 54.0 Å². The van der Waals surface area contributed by atoms with Crippen LogP contribution in [0.4, 0.5) is 14.5 Å². The molecule has 126 valence electrons. The number of anilines is 1. The number of carbonyl (C=O) groups is 1. The molecule has 1 amide bonds. The van der Waals surface area contributed by atoms with Crippen LogP contribution in [0.1, 0.15) is 19.4 Å². The second kappa shape index (κ2) is 6.01. The Kier molecular flexibility index (Phi) is 4.30. The van der Waals surface area contributed by atoms with Gasteiger partial charge in [-0.15, -0.1) is 0 Å². The van der Waals surface area contributed by atoms with E-state index < -0.39 is 22.1 Å². The van der Waals surface area contributed by atoms with Crippen LogP contribution in [0.3, 0.4) is 0 Å². The number of benzene rings is 2. The first kappa shape index (κ1) is 17.2. The van der Waals surface area contributed by atoms with E-state index in [0.717, 1.165) is 6.07 Å². The standard InChI is InChI=1S/C17H13BrClF2NO2/c1-9(2)22-13-7-6-10(20)8-14(13)24-17(18,16(22)23)15-11(19)4-3-5-12(15)21/h3-9H,1-2H3. The van der Waals surface area contributed by atoms with Crippen molar-refractivity contribution >= 4 is 39.1 Å². The highest BCUT2D eigenvalue weighted by Crippen LogP contribution is 2.48. The first-order valence-corrected chi connectivity index (χ1v) is 8.38. The number of alkyl halides is 1. The fraction of sp³-hybridized carbons (Fsp3) is 0.235. The highest BCUT2D eigenvalue weighted by molar-refractivity contribution is 9.10. The minimum absolute atomic E-state index is 0.0313. The summed E-state index contributed by atoms with van der Waals surface area (Å²) < 4.78 is 31.9. The van der Waals surface area contributed by atoms with E-state index in [0.29, 0.717) is 5.69 Å². The molecule has 1 heterocycles. The van der Waals surface area contributed by atoms with Gasteiger partial charge in [0.25, 0.3) is 10.4 Å². The Morgan fingerprint density at radius 1 is 1.25 bits per heavy atom. The number of ether oxygens (including phenoxy) is 1. The van der Waals surface area contributed by atoms with Crippen molar-refractivity contribution in [3.05, 3.63) is 58.6 Å². The molecule has 0 spiro atoms. The molecule has 0 radical (unpaired) electrons. The average molecular weight is 417 g/mol. The van der Waals surface area contributed by atoms with Crippen LogP contribution in [0.2, 0.25) is 5.02 Å². The minimum Gasteiger partial charge on any atom is -0.460 e. The van der Waals surface area contributed by atoms with Gasteiger partial charge in [-0.3, -0.25) is 4.79 Å². The summed E-state index contributed by atoms with van der Waals surface area (Å²) in [6.45, 7) is 3.60. The molecule has 3 rings (SSSR count). The fourth-order valence-electron chi connectivity index (χ4n) is 2.70. The fourth-order valence-corrected chi connectivity index (χ4v) is 3.88. The molecule has 7 heteroatoms. The first-order chi connectivity index (χ1) is 11.3. The van der Waals surface area contributed by atoms with Crippen LogP contribution in [0.15, 0.2) is 36.4 Å². The van der Waals surface area contributed by atoms with Crippen LogP contribution in [-0.2, 0) is 9.30 Å². The van der Waals surface area contributed by atoms with Gasteiger partial charge >= 0.3 is 0 Å². The lowest BCUT2D eigenvalue weighted by molar-refractivity contribution is -0.129. The largest absolute Gasteiger partial charge is 0.460 e. The van der Waals surface area contributed by atoms with Gasteiger partial charge in [0.05, 0.1) is 16.3 Å². The number of fused-ring (bicyclic) bond motifs is 1. The predicted octanol–water partition coefficient (Wildman–Crippen LogP) is 5.00. The van der Waals surface area contributed by atoms with Crippen LogP contribution in [-0.4, -0.2) is 11.9 Å². The van der Waals surface area contributed by atoms with Crippen molar-refractivity contribution in [2.75, 3.05) is 4.90 Å². The van der Waals surface area contributed by atoms with E-state index in [1.54, 1.807) is 13.8 Å². The second-order valence-electron chi connectivity index (χ2n) is 5.67. The van der Waals surface area contributed by atoms with Crippen molar-refractivity contribution in [3.63, 3.8) is 0 Å². The third-order valence-electron chi connectivity index (χ3n) is 3.73. The number of rotatable bonds is 2. The number of hydrogen-bond donors (Lipinski definition) is 0. The minimum atomic E-state index is -1.87.